The molecule has 0 amide bonds. The zero-order chi connectivity index (χ0) is 12.9. The molecule has 1 aromatic rings. The number of nitrogens with two attached hydrogens (primary N) is 1. The highest BCUT2D eigenvalue weighted by molar-refractivity contribution is 5.44. The maximum atomic E-state index is 10.5. The van der Waals surface area contributed by atoms with Crippen LogP contribution in [0.4, 0.5) is 0 Å². The van der Waals surface area contributed by atoms with Crippen LogP contribution in [0, 0.1) is 0 Å². The highest BCUT2D eigenvalue weighted by atomic mass is 16.5. The van der Waals surface area contributed by atoms with Crippen molar-refractivity contribution in [2.24, 2.45) is 5.73 Å². The molecule has 0 heterocycles. The number of ether oxygens (including phenoxy) is 2. The molecule has 1 unspecified atom stereocenters. The summed E-state index contributed by atoms with van der Waals surface area (Å²) in [6.45, 7) is 2.21. The van der Waals surface area contributed by atoms with E-state index in [0.29, 0.717) is 17.9 Å². The third kappa shape index (κ3) is 2.90. The topological polar surface area (TPSA) is 64.7 Å². The SMILES string of the molecule is CCCC(O)(CN)c1ccc(OC)c(OC)c1. The second-order valence-electron chi connectivity index (χ2n) is 4.06. The normalized spacial score (nSPS) is 14.2. The fourth-order valence-corrected chi connectivity index (χ4v) is 1.90. The van der Waals surface area contributed by atoms with Crippen molar-refractivity contribution in [1.82, 2.24) is 0 Å². The van der Waals surface area contributed by atoms with Crippen LogP contribution >= 0.6 is 0 Å². The Hall–Kier alpha value is -1.26. The van der Waals surface area contributed by atoms with Crippen LogP contribution in [0.1, 0.15) is 25.3 Å². The predicted molar refractivity (Wildman–Crippen MR) is 67.4 cm³/mol. The summed E-state index contributed by atoms with van der Waals surface area (Å²) in [4.78, 5) is 0. The smallest absolute Gasteiger partial charge is 0.161 e. The van der Waals surface area contributed by atoms with Crippen LogP contribution in [-0.4, -0.2) is 25.9 Å². The third-order valence-electron chi connectivity index (χ3n) is 2.92. The quantitative estimate of drug-likeness (QED) is 0.792. The van der Waals surface area contributed by atoms with Gasteiger partial charge < -0.3 is 20.3 Å². The van der Waals surface area contributed by atoms with E-state index < -0.39 is 5.60 Å². The van der Waals surface area contributed by atoms with Gasteiger partial charge in [-0.1, -0.05) is 19.4 Å². The zero-order valence-electron chi connectivity index (χ0n) is 10.7. The first-order valence-corrected chi connectivity index (χ1v) is 5.76. The van der Waals surface area contributed by atoms with Gasteiger partial charge in [0.2, 0.25) is 0 Å². The minimum Gasteiger partial charge on any atom is -0.493 e. The van der Waals surface area contributed by atoms with E-state index in [1.807, 2.05) is 13.0 Å². The number of benzene rings is 1. The Morgan fingerprint density at radius 3 is 2.35 bits per heavy atom. The standard InChI is InChI=1S/C13H21NO3/c1-4-7-13(15,9-14)10-5-6-11(16-2)12(8-10)17-3/h5-6,8,15H,4,7,9,14H2,1-3H3. The van der Waals surface area contributed by atoms with E-state index in [2.05, 4.69) is 0 Å². The van der Waals surface area contributed by atoms with Gasteiger partial charge in [0.1, 0.15) is 5.60 Å². The second kappa shape index (κ2) is 5.89. The lowest BCUT2D eigenvalue weighted by atomic mass is 9.89. The summed E-state index contributed by atoms with van der Waals surface area (Å²) in [5, 5.41) is 10.5. The average molecular weight is 239 g/mol. The molecular weight excluding hydrogens is 218 g/mol. The molecule has 0 bridgehead atoms. The van der Waals surface area contributed by atoms with Crippen LogP contribution in [0.25, 0.3) is 0 Å². The molecule has 0 aromatic heterocycles. The van der Waals surface area contributed by atoms with E-state index in [1.54, 1.807) is 26.4 Å². The molecule has 0 aliphatic heterocycles. The van der Waals surface area contributed by atoms with Gasteiger partial charge in [0.05, 0.1) is 14.2 Å². The van der Waals surface area contributed by atoms with Gasteiger partial charge >= 0.3 is 0 Å². The van der Waals surface area contributed by atoms with Crippen molar-refractivity contribution in [3.63, 3.8) is 0 Å². The van der Waals surface area contributed by atoms with E-state index in [4.69, 9.17) is 15.2 Å². The van der Waals surface area contributed by atoms with Crippen molar-refractivity contribution in [3.05, 3.63) is 23.8 Å². The monoisotopic (exact) mass is 239 g/mol. The molecule has 0 aliphatic rings. The molecule has 0 aliphatic carbocycles. The van der Waals surface area contributed by atoms with Crippen molar-refractivity contribution >= 4 is 0 Å². The Morgan fingerprint density at radius 1 is 1.24 bits per heavy atom. The zero-order valence-corrected chi connectivity index (χ0v) is 10.7. The molecule has 4 nitrogen and oxygen atoms in total. The van der Waals surface area contributed by atoms with Crippen LogP contribution in [0.3, 0.4) is 0 Å². The minimum absolute atomic E-state index is 0.191. The van der Waals surface area contributed by atoms with Gasteiger partial charge in [-0.05, 0) is 24.1 Å². The Bertz CT molecular complexity index is 368. The molecule has 96 valence electrons. The molecular formula is C13H21NO3. The Morgan fingerprint density at radius 2 is 1.88 bits per heavy atom. The summed E-state index contributed by atoms with van der Waals surface area (Å²) in [6, 6.07) is 5.38. The van der Waals surface area contributed by atoms with Crippen molar-refractivity contribution in [2.45, 2.75) is 25.4 Å². The van der Waals surface area contributed by atoms with Crippen molar-refractivity contribution in [2.75, 3.05) is 20.8 Å². The number of hydrogen-bond acceptors (Lipinski definition) is 4. The van der Waals surface area contributed by atoms with Gasteiger partial charge in [0.15, 0.2) is 11.5 Å². The van der Waals surface area contributed by atoms with Crippen molar-refractivity contribution in [3.8, 4) is 11.5 Å². The summed E-state index contributed by atoms with van der Waals surface area (Å²) in [5.74, 6) is 1.25. The first kappa shape index (κ1) is 13.8. The lowest BCUT2D eigenvalue weighted by molar-refractivity contribution is 0.0357. The maximum absolute atomic E-state index is 10.5. The van der Waals surface area contributed by atoms with E-state index in [9.17, 15) is 5.11 Å². The molecule has 4 heteroatoms. The lowest BCUT2D eigenvalue weighted by Gasteiger charge is -2.27. The van der Waals surface area contributed by atoms with Gasteiger partial charge in [-0.15, -0.1) is 0 Å². The molecule has 17 heavy (non-hydrogen) atoms. The molecule has 0 saturated heterocycles. The highest BCUT2D eigenvalue weighted by Gasteiger charge is 2.27. The molecule has 1 aromatic carbocycles. The molecule has 1 rings (SSSR count). The van der Waals surface area contributed by atoms with Crippen LogP contribution < -0.4 is 15.2 Å². The molecule has 0 radical (unpaired) electrons. The molecule has 0 spiro atoms. The van der Waals surface area contributed by atoms with Crippen LogP contribution in [0.5, 0.6) is 11.5 Å². The van der Waals surface area contributed by atoms with Crippen molar-refractivity contribution in [1.29, 1.82) is 0 Å². The predicted octanol–water partition coefficient (Wildman–Crippen LogP) is 1.65. The Labute approximate surface area is 102 Å². The van der Waals surface area contributed by atoms with Crippen LogP contribution in [0.2, 0.25) is 0 Å². The largest absolute Gasteiger partial charge is 0.493 e. The molecule has 3 N–H and O–H groups in total. The summed E-state index contributed by atoms with van der Waals surface area (Å²) in [6.07, 6.45) is 1.49. The van der Waals surface area contributed by atoms with E-state index >= 15 is 0 Å². The number of methoxy groups -OCH3 is 2. The number of aliphatic hydroxyl groups is 1. The first-order valence-electron chi connectivity index (χ1n) is 5.76. The van der Waals surface area contributed by atoms with Gasteiger partial charge in [-0.25, -0.2) is 0 Å². The number of rotatable bonds is 6. The molecule has 0 saturated carbocycles. The summed E-state index contributed by atoms with van der Waals surface area (Å²) in [7, 11) is 3.15. The molecule has 0 fully saturated rings. The lowest BCUT2D eigenvalue weighted by Crippen LogP contribution is -2.34. The summed E-state index contributed by atoms with van der Waals surface area (Å²) in [5.41, 5.74) is 5.44. The Balaban J connectivity index is 3.13. The van der Waals surface area contributed by atoms with Gasteiger partial charge in [0.25, 0.3) is 0 Å². The summed E-state index contributed by atoms with van der Waals surface area (Å²) < 4.78 is 10.4. The second-order valence-corrected chi connectivity index (χ2v) is 4.06. The molecule has 1 atom stereocenters. The van der Waals surface area contributed by atoms with E-state index in [-0.39, 0.29) is 6.54 Å². The van der Waals surface area contributed by atoms with Crippen molar-refractivity contribution < 1.29 is 14.6 Å². The fraction of sp³-hybridized carbons (Fsp3) is 0.538. The van der Waals surface area contributed by atoms with E-state index in [0.717, 1.165) is 12.0 Å². The van der Waals surface area contributed by atoms with Gasteiger partial charge in [-0.2, -0.15) is 0 Å². The minimum atomic E-state index is -0.992. The first-order chi connectivity index (χ1) is 8.11. The third-order valence-corrected chi connectivity index (χ3v) is 2.92. The van der Waals surface area contributed by atoms with Gasteiger partial charge in [-0.3, -0.25) is 0 Å². The van der Waals surface area contributed by atoms with Crippen LogP contribution in [0.15, 0.2) is 18.2 Å². The Kier molecular flexibility index (Phi) is 4.78. The maximum Gasteiger partial charge on any atom is 0.161 e. The van der Waals surface area contributed by atoms with Gasteiger partial charge in [0, 0.05) is 6.54 Å². The average Bonchev–Trinajstić information content (AvgIpc) is 2.38. The van der Waals surface area contributed by atoms with E-state index in [1.165, 1.54) is 0 Å². The highest BCUT2D eigenvalue weighted by Crippen LogP contribution is 2.33. The summed E-state index contributed by atoms with van der Waals surface area (Å²) >= 11 is 0. The van der Waals surface area contributed by atoms with Crippen LogP contribution in [-0.2, 0) is 5.60 Å². The number of hydrogen-bond donors (Lipinski definition) is 2. The fourth-order valence-electron chi connectivity index (χ4n) is 1.90.